The fraction of sp³-hybridized carbons (Fsp3) is 0.733. The molecule has 1 saturated carbocycles. The second-order valence-electron chi connectivity index (χ2n) is 5.41. The maximum atomic E-state index is 5.63. The Labute approximate surface area is 121 Å². The van der Waals surface area contributed by atoms with Crippen molar-refractivity contribution in [2.75, 3.05) is 19.5 Å². The molecule has 1 N–H and O–H groups in total. The van der Waals surface area contributed by atoms with Gasteiger partial charge in [-0.05, 0) is 19.8 Å². The normalized spacial score (nSPS) is 23.4. The van der Waals surface area contributed by atoms with E-state index in [-0.39, 0.29) is 6.10 Å². The summed E-state index contributed by atoms with van der Waals surface area (Å²) in [5.74, 6) is 1.59. The topological polar surface area (TPSA) is 56.3 Å². The van der Waals surface area contributed by atoms with Gasteiger partial charge in [0.1, 0.15) is 12.4 Å². The van der Waals surface area contributed by atoms with E-state index in [4.69, 9.17) is 9.47 Å². The molecule has 112 valence electrons. The number of rotatable bonds is 5. The Morgan fingerprint density at radius 3 is 2.75 bits per heavy atom. The highest BCUT2D eigenvalue weighted by Crippen LogP contribution is 2.23. The number of hydrogen-bond acceptors (Lipinski definition) is 5. The fourth-order valence-corrected chi connectivity index (χ4v) is 2.81. The van der Waals surface area contributed by atoms with Gasteiger partial charge >= 0.3 is 0 Å². The maximum Gasteiger partial charge on any atom is 0.156 e. The fourth-order valence-electron chi connectivity index (χ4n) is 2.81. The molecule has 1 aliphatic rings. The number of nitrogens with zero attached hydrogens (tertiary/aromatic N) is 2. The van der Waals surface area contributed by atoms with E-state index < -0.39 is 0 Å². The summed E-state index contributed by atoms with van der Waals surface area (Å²) in [6.45, 7) is 2.42. The monoisotopic (exact) mass is 279 g/mol. The van der Waals surface area contributed by atoms with Crippen LogP contribution < -0.4 is 5.32 Å². The van der Waals surface area contributed by atoms with Gasteiger partial charge in [0.15, 0.2) is 5.82 Å². The zero-order valence-electron chi connectivity index (χ0n) is 12.7. The molecule has 0 saturated heterocycles. The maximum absolute atomic E-state index is 5.63. The lowest BCUT2D eigenvalue weighted by Crippen LogP contribution is -2.34. The van der Waals surface area contributed by atoms with Crippen LogP contribution in [0.1, 0.15) is 43.6 Å². The van der Waals surface area contributed by atoms with E-state index in [0.29, 0.717) is 12.6 Å². The molecule has 5 nitrogen and oxygen atoms in total. The van der Waals surface area contributed by atoms with E-state index in [1.54, 1.807) is 14.2 Å². The van der Waals surface area contributed by atoms with Crippen LogP contribution in [0.3, 0.4) is 0 Å². The van der Waals surface area contributed by atoms with Crippen LogP contribution in [0.5, 0.6) is 0 Å². The summed E-state index contributed by atoms with van der Waals surface area (Å²) in [5, 5.41) is 3.53. The van der Waals surface area contributed by atoms with Crippen LogP contribution in [0.25, 0.3) is 0 Å². The summed E-state index contributed by atoms with van der Waals surface area (Å²) in [7, 11) is 3.46. The van der Waals surface area contributed by atoms with Crippen LogP contribution in [-0.2, 0) is 16.1 Å². The lowest BCUT2D eigenvalue weighted by molar-refractivity contribution is 0.0805. The van der Waals surface area contributed by atoms with Crippen molar-refractivity contribution in [2.24, 2.45) is 0 Å². The average Bonchev–Trinajstić information content (AvgIpc) is 2.63. The van der Waals surface area contributed by atoms with Gasteiger partial charge in [0.05, 0.1) is 12.1 Å². The van der Waals surface area contributed by atoms with Gasteiger partial charge in [-0.1, -0.05) is 19.3 Å². The molecule has 0 bridgehead atoms. The summed E-state index contributed by atoms with van der Waals surface area (Å²) in [5.41, 5.74) is 0.956. The Morgan fingerprint density at radius 2 is 2.00 bits per heavy atom. The molecule has 2 unspecified atom stereocenters. The highest BCUT2D eigenvalue weighted by Gasteiger charge is 2.23. The molecule has 1 aromatic heterocycles. The first-order valence-corrected chi connectivity index (χ1v) is 7.35. The van der Waals surface area contributed by atoms with Gasteiger partial charge in [-0.15, -0.1) is 0 Å². The van der Waals surface area contributed by atoms with Crippen LogP contribution in [-0.4, -0.2) is 36.3 Å². The molecular weight excluding hydrogens is 254 g/mol. The van der Waals surface area contributed by atoms with Crippen molar-refractivity contribution in [1.29, 1.82) is 0 Å². The smallest absolute Gasteiger partial charge is 0.156 e. The van der Waals surface area contributed by atoms with E-state index in [0.717, 1.165) is 30.2 Å². The van der Waals surface area contributed by atoms with E-state index in [9.17, 15) is 0 Å². The highest BCUT2D eigenvalue weighted by atomic mass is 16.5. The lowest BCUT2D eigenvalue weighted by Gasteiger charge is -2.25. The molecule has 1 fully saturated rings. The van der Waals surface area contributed by atoms with Gasteiger partial charge < -0.3 is 14.8 Å². The van der Waals surface area contributed by atoms with Crippen molar-refractivity contribution in [3.05, 3.63) is 17.6 Å². The van der Waals surface area contributed by atoms with E-state index >= 15 is 0 Å². The first-order valence-electron chi connectivity index (χ1n) is 7.35. The van der Waals surface area contributed by atoms with Crippen LogP contribution in [0.2, 0.25) is 0 Å². The molecule has 20 heavy (non-hydrogen) atoms. The molecule has 2 rings (SSSR count). The highest BCUT2D eigenvalue weighted by molar-refractivity contribution is 5.37. The molecule has 0 radical (unpaired) electrons. The van der Waals surface area contributed by atoms with Crippen molar-refractivity contribution < 1.29 is 9.47 Å². The van der Waals surface area contributed by atoms with Gasteiger partial charge in [0.25, 0.3) is 0 Å². The molecule has 5 heteroatoms. The van der Waals surface area contributed by atoms with Gasteiger partial charge in [-0.2, -0.15) is 0 Å². The molecule has 0 spiro atoms. The molecule has 2 atom stereocenters. The number of nitrogens with one attached hydrogen (secondary N) is 1. The van der Waals surface area contributed by atoms with Gasteiger partial charge in [-0.25, -0.2) is 9.97 Å². The third-order valence-corrected chi connectivity index (χ3v) is 3.76. The summed E-state index contributed by atoms with van der Waals surface area (Å²) in [6, 6.07) is 2.31. The minimum atomic E-state index is 0.263. The Bertz CT molecular complexity index is 426. The second kappa shape index (κ2) is 7.55. The number of aromatic nitrogens is 2. The van der Waals surface area contributed by atoms with Crippen molar-refractivity contribution in [1.82, 2.24) is 9.97 Å². The molecule has 1 heterocycles. The third kappa shape index (κ3) is 4.15. The Kier molecular flexibility index (Phi) is 5.73. The quantitative estimate of drug-likeness (QED) is 0.840. The number of anilines is 1. The number of ether oxygens (including phenoxy) is 2. The van der Waals surface area contributed by atoms with Gasteiger partial charge in [0.2, 0.25) is 0 Å². The summed E-state index contributed by atoms with van der Waals surface area (Å²) < 4.78 is 10.7. The number of hydrogen-bond donors (Lipinski definition) is 1. The van der Waals surface area contributed by atoms with E-state index in [1.165, 1.54) is 19.3 Å². The van der Waals surface area contributed by atoms with Crippen LogP contribution in [0.4, 0.5) is 5.82 Å². The summed E-state index contributed by atoms with van der Waals surface area (Å²) in [4.78, 5) is 8.88. The lowest BCUT2D eigenvalue weighted by atomic mass is 10.1. The van der Waals surface area contributed by atoms with Crippen molar-refractivity contribution in [2.45, 2.75) is 57.8 Å². The van der Waals surface area contributed by atoms with Crippen molar-refractivity contribution >= 4 is 5.82 Å². The average molecular weight is 279 g/mol. The van der Waals surface area contributed by atoms with E-state index in [1.807, 2.05) is 13.0 Å². The minimum Gasteiger partial charge on any atom is -0.379 e. The van der Waals surface area contributed by atoms with Gasteiger partial charge in [-0.3, -0.25) is 0 Å². The minimum absolute atomic E-state index is 0.263. The molecule has 0 aromatic carbocycles. The molecule has 1 aromatic rings. The molecule has 0 amide bonds. The van der Waals surface area contributed by atoms with Crippen molar-refractivity contribution in [3.8, 4) is 0 Å². The number of methoxy groups -OCH3 is 2. The van der Waals surface area contributed by atoms with Crippen LogP contribution in [0, 0.1) is 6.92 Å². The first kappa shape index (κ1) is 15.2. The summed E-state index contributed by atoms with van der Waals surface area (Å²) in [6.07, 6.45) is 6.28. The summed E-state index contributed by atoms with van der Waals surface area (Å²) >= 11 is 0. The largest absolute Gasteiger partial charge is 0.379 e. The van der Waals surface area contributed by atoms with Crippen LogP contribution in [0.15, 0.2) is 6.07 Å². The predicted molar refractivity (Wildman–Crippen MR) is 78.8 cm³/mol. The molecular formula is C15H25N3O2. The Morgan fingerprint density at radius 1 is 1.20 bits per heavy atom. The van der Waals surface area contributed by atoms with Crippen molar-refractivity contribution in [3.63, 3.8) is 0 Å². The zero-order chi connectivity index (χ0) is 14.4. The second-order valence-corrected chi connectivity index (χ2v) is 5.41. The van der Waals surface area contributed by atoms with Crippen LogP contribution >= 0.6 is 0 Å². The zero-order valence-corrected chi connectivity index (χ0v) is 12.7. The predicted octanol–water partition coefficient (Wildman–Crippen LogP) is 2.69. The molecule has 1 aliphatic carbocycles. The third-order valence-electron chi connectivity index (χ3n) is 3.76. The molecule has 0 aliphatic heterocycles. The number of aryl methyl sites for hydroxylation is 1. The SMILES string of the molecule is COCc1nc(C)cc(NC2CCCCCC2OC)n1. The van der Waals surface area contributed by atoms with E-state index in [2.05, 4.69) is 15.3 Å². The first-order chi connectivity index (χ1) is 9.72. The van der Waals surface area contributed by atoms with Gasteiger partial charge in [0, 0.05) is 26.0 Å². The Hall–Kier alpha value is -1.20. The Balaban J connectivity index is 2.10. The standard InChI is InChI=1S/C15H25N3O2/c1-11-9-14(18-15(16-11)10-19-2)17-12-7-5-4-6-8-13(12)20-3/h9,12-13H,4-8,10H2,1-3H3,(H,16,17,18).